The SMILES string of the molecule is Cc1ccc(N(C)c2ccc(N)cn2)cc1. The van der Waals surface area contributed by atoms with Gasteiger partial charge in [0.2, 0.25) is 0 Å². The van der Waals surface area contributed by atoms with Gasteiger partial charge in [-0.15, -0.1) is 0 Å². The molecular formula is C13H15N3. The molecule has 2 N–H and O–H groups in total. The molecule has 0 bridgehead atoms. The van der Waals surface area contributed by atoms with E-state index < -0.39 is 0 Å². The fourth-order valence-electron chi connectivity index (χ4n) is 1.50. The minimum Gasteiger partial charge on any atom is -0.397 e. The van der Waals surface area contributed by atoms with Crippen LogP contribution in [-0.2, 0) is 0 Å². The van der Waals surface area contributed by atoms with Crippen LogP contribution in [0, 0.1) is 6.92 Å². The lowest BCUT2D eigenvalue weighted by Crippen LogP contribution is -2.10. The zero-order valence-corrected chi connectivity index (χ0v) is 9.51. The first-order valence-corrected chi connectivity index (χ1v) is 5.19. The molecule has 0 fully saturated rings. The van der Waals surface area contributed by atoms with Crippen LogP contribution in [0.3, 0.4) is 0 Å². The molecule has 0 saturated heterocycles. The first-order valence-electron chi connectivity index (χ1n) is 5.19. The summed E-state index contributed by atoms with van der Waals surface area (Å²) in [4.78, 5) is 6.30. The Morgan fingerprint density at radius 1 is 1.06 bits per heavy atom. The summed E-state index contributed by atoms with van der Waals surface area (Å²) in [6, 6.07) is 12.1. The Balaban J connectivity index is 2.28. The minimum absolute atomic E-state index is 0.682. The molecule has 0 atom stereocenters. The number of nitrogen functional groups attached to an aromatic ring is 1. The van der Waals surface area contributed by atoms with Gasteiger partial charge in [-0.05, 0) is 31.2 Å². The second-order valence-corrected chi connectivity index (χ2v) is 3.84. The average Bonchev–Trinajstić information content (AvgIpc) is 2.30. The van der Waals surface area contributed by atoms with Crippen LogP contribution in [0.15, 0.2) is 42.6 Å². The molecule has 3 heteroatoms. The summed E-state index contributed by atoms with van der Waals surface area (Å²) in [5.74, 6) is 0.887. The summed E-state index contributed by atoms with van der Waals surface area (Å²) in [7, 11) is 1.99. The number of aromatic nitrogens is 1. The first kappa shape index (κ1) is 10.5. The van der Waals surface area contributed by atoms with Crippen LogP contribution in [0.2, 0.25) is 0 Å². The van der Waals surface area contributed by atoms with E-state index in [9.17, 15) is 0 Å². The van der Waals surface area contributed by atoms with Crippen molar-refractivity contribution in [1.82, 2.24) is 4.98 Å². The van der Waals surface area contributed by atoms with Gasteiger partial charge >= 0.3 is 0 Å². The van der Waals surface area contributed by atoms with Crippen molar-refractivity contribution < 1.29 is 0 Å². The summed E-state index contributed by atoms with van der Waals surface area (Å²) < 4.78 is 0. The highest BCUT2D eigenvalue weighted by atomic mass is 15.2. The fourth-order valence-corrected chi connectivity index (χ4v) is 1.50. The van der Waals surface area contributed by atoms with Crippen LogP contribution in [0.4, 0.5) is 17.2 Å². The summed E-state index contributed by atoms with van der Waals surface area (Å²) in [6.45, 7) is 2.07. The highest BCUT2D eigenvalue weighted by Gasteiger charge is 2.03. The summed E-state index contributed by atoms with van der Waals surface area (Å²) in [5, 5.41) is 0. The Hall–Kier alpha value is -2.03. The Bertz CT molecular complexity index is 414. The van der Waals surface area contributed by atoms with Gasteiger partial charge in [0.15, 0.2) is 0 Å². The quantitative estimate of drug-likeness (QED) is 0.834. The largest absolute Gasteiger partial charge is 0.397 e. The van der Waals surface area contributed by atoms with E-state index in [0.29, 0.717) is 5.69 Å². The standard InChI is InChI=1S/C13H15N3/c1-10-3-6-12(7-4-10)16(2)13-8-5-11(14)9-15-13/h3-9H,14H2,1-2H3. The molecule has 1 aromatic carbocycles. The van der Waals surface area contributed by atoms with Crippen molar-refractivity contribution in [3.05, 3.63) is 48.2 Å². The van der Waals surface area contributed by atoms with Gasteiger partial charge < -0.3 is 10.6 Å². The monoisotopic (exact) mass is 213 g/mol. The first-order chi connectivity index (χ1) is 7.66. The van der Waals surface area contributed by atoms with Crippen molar-refractivity contribution in [2.45, 2.75) is 6.92 Å². The van der Waals surface area contributed by atoms with Crippen LogP contribution < -0.4 is 10.6 Å². The summed E-state index contributed by atoms with van der Waals surface area (Å²) in [5.41, 5.74) is 8.65. The van der Waals surface area contributed by atoms with E-state index in [2.05, 4.69) is 36.2 Å². The Kier molecular flexibility index (Phi) is 2.77. The molecule has 1 aromatic heterocycles. The van der Waals surface area contributed by atoms with Crippen LogP contribution >= 0.6 is 0 Å². The number of nitrogens with two attached hydrogens (primary N) is 1. The molecule has 2 rings (SSSR count). The molecule has 0 spiro atoms. The zero-order valence-electron chi connectivity index (χ0n) is 9.51. The maximum absolute atomic E-state index is 5.60. The molecule has 82 valence electrons. The maximum atomic E-state index is 5.60. The molecule has 1 heterocycles. The number of hydrogen-bond donors (Lipinski definition) is 1. The molecule has 16 heavy (non-hydrogen) atoms. The predicted molar refractivity (Wildman–Crippen MR) is 67.9 cm³/mol. The average molecular weight is 213 g/mol. The summed E-state index contributed by atoms with van der Waals surface area (Å²) >= 11 is 0. The molecule has 3 nitrogen and oxygen atoms in total. The van der Waals surface area contributed by atoms with Crippen molar-refractivity contribution in [2.75, 3.05) is 17.7 Å². The molecule has 0 radical (unpaired) electrons. The van der Waals surface area contributed by atoms with Gasteiger partial charge in [0.25, 0.3) is 0 Å². The number of aryl methyl sites for hydroxylation is 1. The van der Waals surface area contributed by atoms with E-state index in [4.69, 9.17) is 5.73 Å². The lowest BCUT2D eigenvalue weighted by Gasteiger charge is -2.18. The fraction of sp³-hybridized carbons (Fsp3) is 0.154. The number of benzene rings is 1. The topological polar surface area (TPSA) is 42.1 Å². The Morgan fingerprint density at radius 3 is 2.31 bits per heavy atom. The van der Waals surface area contributed by atoms with Crippen LogP contribution in [0.5, 0.6) is 0 Å². The highest BCUT2D eigenvalue weighted by molar-refractivity contribution is 5.60. The Labute approximate surface area is 95.5 Å². The molecule has 0 unspecified atom stereocenters. The van der Waals surface area contributed by atoms with E-state index >= 15 is 0 Å². The molecule has 2 aromatic rings. The third-order valence-electron chi connectivity index (χ3n) is 2.54. The number of hydrogen-bond acceptors (Lipinski definition) is 3. The second-order valence-electron chi connectivity index (χ2n) is 3.84. The van der Waals surface area contributed by atoms with Crippen LogP contribution in [0.25, 0.3) is 0 Å². The number of anilines is 3. The maximum Gasteiger partial charge on any atom is 0.132 e. The van der Waals surface area contributed by atoms with Gasteiger partial charge in [0.05, 0.1) is 11.9 Å². The van der Waals surface area contributed by atoms with Gasteiger partial charge in [-0.2, -0.15) is 0 Å². The smallest absolute Gasteiger partial charge is 0.132 e. The van der Waals surface area contributed by atoms with Crippen molar-refractivity contribution >= 4 is 17.2 Å². The van der Waals surface area contributed by atoms with Gasteiger partial charge in [-0.25, -0.2) is 4.98 Å². The molecule has 0 aliphatic heterocycles. The van der Waals surface area contributed by atoms with Gasteiger partial charge in [0.1, 0.15) is 5.82 Å². The third-order valence-corrected chi connectivity index (χ3v) is 2.54. The molecular weight excluding hydrogens is 198 g/mol. The van der Waals surface area contributed by atoms with E-state index in [1.54, 1.807) is 6.20 Å². The summed E-state index contributed by atoms with van der Waals surface area (Å²) in [6.07, 6.45) is 1.67. The number of rotatable bonds is 2. The van der Waals surface area contributed by atoms with Gasteiger partial charge in [-0.3, -0.25) is 0 Å². The Morgan fingerprint density at radius 2 is 1.75 bits per heavy atom. The lowest BCUT2D eigenvalue weighted by atomic mass is 10.2. The third kappa shape index (κ3) is 2.14. The number of nitrogens with zero attached hydrogens (tertiary/aromatic N) is 2. The lowest BCUT2D eigenvalue weighted by molar-refractivity contribution is 1.13. The predicted octanol–water partition coefficient (Wildman–Crippen LogP) is 2.74. The highest BCUT2D eigenvalue weighted by Crippen LogP contribution is 2.21. The van der Waals surface area contributed by atoms with E-state index in [-0.39, 0.29) is 0 Å². The van der Waals surface area contributed by atoms with Crippen molar-refractivity contribution in [3.63, 3.8) is 0 Å². The van der Waals surface area contributed by atoms with E-state index in [0.717, 1.165) is 11.5 Å². The van der Waals surface area contributed by atoms with E-state index in [1.165, 1.54) is 5.56 Å². The zero-order chi connectivity index (χ0) is 11.5. The number of pyridine rings is 1. The second kappa shape index (κ2) is 4.23. The molecule has 0 saturated carbocycles. The van der Waals surface area contributed by atoms with Gasteiger partial charge in [0, 0.05) is 12.7 Å². The van der Waals surface area contributed by atoms with Crippen LogP contribution in [0.1, 0.15) is 5.56 Å². The van der Waals surface area contributed by atoms with Crippen molar-refractivity contribution in [2.24, 2.45) is 0 Å². The molecule has 0 amide bonds. The van der Waals surface area contributed by atoms with Gasteiger partial charge in [-0.1, -0.05) is 17.7 Å². The van der Waals surface area contributed by atoms with E-state index in [1.807, 2.05) is 24.1 Å². The van der Waals surface area contributed by atoms with Crippen LogP contribution in [-0.4, -0.2) is 12.0 Å². The normalized spacial score (nSPS) is 10.1. The minimum atomic E-state index is 0.682. The molecule has 0 aliphatic rings. The molecule has 0 aliphatic carbocycles. The van der Waals surface area contributed by atoms with Crippen molar-refractivity contribution in [3.8, 4) is 0 Å². The van der Waals surface area contributed by atoms with Crippen molar-refractivity contribution in [1.29, 1.82) is 0 Å².